The monoisotopic (exact) mass is 471 g/mol. The molecule has 0 radical (unpaired) electrons. The fourth-order valence-electron chi connectivity index (χ4n) is 5.13. The Morgan fingerprint density at radius 2 is 2.03 bits per heavy atom. The van der Waals surface area contributed by atoms with Gasteiger partial charge in [0.25, 0.3) is 5.91 Å². The Morgan fingerprint density at radius 1 is 1.24 bits per heavy atom. The van der Waals surface area contributed by atoms with Crippen LogP contribution in [0.1, 0.15) is 81.8 Å². The van der Waals surface area contributed by atoms with Gasteiger partial charge in [-0.1, -0.05) is 31.9 Å². The highest BCUT2D eigenvalue weighted by molar-refractivity contribution is 6.31. The molecule has 2 aliphatic rings. The molecule has 5 nitrogen and oxygen atoms in total. The van der Waals surface area contributed by atoms with Crippen LogP contribution in [-0.4, -0.2) is 22.7 Å². The number of halogens is 1. The van der Waals surface area contributed by atoms with Gasteiger partial charge in [0, 0.05) is 22.1 Å². The number of phenols is 1. The van der Waals surface area contributed by atoms with Crippen LogP contribution >= 0.6 is 11.6 Å². The number of aromatic hydroxyl groups is 1. The molecule has 0 unspecified atom stereocenters. The number of fused-ring (bicyclic) bond motifs is 3. The molecule has 2 aromatic carbocycles. The fourth-order valence-corrected chi connectivity index (χ4v) is 5.30. The summed E-state index contributed by atoms with van der Waals surface area (Å²) in [6.45, 7) is 8.84. The van der Waals surface area contributed by atoms with Crippen LogP contribution in [0.15, 0.2) is 36.4 Å². The van der Waals surface area contributed by atoms with E-state index in [0.29, 0.717) is 16.5 Å². The van der Waals surface area contributed by atoms with E-state index in [9.17, 15) is 9.90 Å². The minimum atomic E-state index is -0.318. The molecule has 0 aromatic heterocycles. The smallest absolute Gasteiger partial charge is 0.255 e. The number of benzene rings is 2. The lowest BCUT2D eigenvalue weighted by Crippen LogP contribution is -2.50. The molecule has 6 heteroatoms. The van der Waals surface area contributed by atoms with Crippen molar-refractivity contribution < 1.29 is 19.4 Å². The van der Waals surface area contributed by atoms with E-state index in [4.69, 9.17) is 21.1 Å². The average Bonchev–Trinajstić information content (AvgIpc) is 2.75. The van der Waals surface area contributed by atoms with Crippen molar-refractivity contribution in [1.82, 2.24) is 0 Å². The molecule has 0 saturated carbocycles. The lowest BCUT2D eigenvalue weighted by atomic mass is 9.72. The zero-order valence-electron chi connectivity index (χ0n) is 19.9. The van der Waals surface area contributed by atoms with E-state index in [-0.39, 0.29) is 41.1 Å². The number of hydrogen-bond acceptors (Lipinski definition) is 4. The summed E-state index contributed by atoms with van der Waals surface area (Å²) in [4.78, 5) is 13.0. The van der Waals surface area contributed by atoms with Crippen molar-refractivity contribution in [3.05, 3.63) is 52.5 Å². The second-order valence-electron chi connectivity index (χ2n) is 10.1. The van der Waals surface area contributed by atoms with Gasteiger partial charge in [-0.15, -0.1) is 0 Å². The van der Waals surface area contributed by atoms with E-state index in [2.05, 4.69) is 33.0 Å². The molecule has 2 heterocycles. The fraction of sp³-hybridized carbons (Fsp3) is 0.519. The van der Waals surface area contributed by atoms with E-state index in [0.717, 1.165) is 37.0 Å². The predicted molar refractivity (Wildman–Crippen MR) is 131 cm³/mol. The van der Waals surface area contributed by atoms with Gasteiger partial charge in [0.05, 0.1) is 17.9 Å². The maximum absolute atomic E-state index is 13.0. The van der Waals surface area contributed by atoms with Gasteiger partial charge in [0.15, 0.2) is 0 Å². The lowest BCUT2D eigenvalue weighted by molar-refractivity contribution is -0.152. The largest absolute Gasteiger partial charge is 0.506 e. The van der Waals surface area contributed by atoms with Gasteiger partial charge in [-0.25, -0.2) is 0 Å². The first-order valence-electron chi connectivity index (χ1n) is 11.9. The Hall–Kier alpha value is -2.24. The Bertz CT molecular complexity index is 1020. The summed E-state index contributed by atoms with van der Waals surface area (Å²) in [5, 5.41) is 13.2. The maximum atomic E-state index is 13.0. The second-order valence-corrected chi connectivity index (χ2v) is 10.6. The third kappa shape index (κ3) is 5.15. The Balaban J connectivity index is 1.61. The van der Waals surface area contributed by atoms with Crippen LogP contribution < -0.4 is 10.1 Å². The molecule has 2 aromatic rings. The zero-order chi connectivity index (χ0) is 23.8. The minimum absolute atomic E-state index is 0.0317. The molecule has 0 bridgehead atoms. The molecule has 178 valence electrons. The van der Waals surface area contributed by atoms with Gasteiger partial charge in [0.1, 0.15) is 17.1 Å². The molecule has 0 spiro atoms. The molecular formula is C27H34ClNO4. The molecule has 1 fully saturated rings. The standard InChI is InChI=1S/C27H34ClNO4/c1-16(2)6-5-13-27(4)21-10-7-17(3)32-25(21)20-14-18(8-12-24(20)33-27)26(31)29-22-15-19(28)9-11-23(22)30/h8-9,11-12,14-17,21,25,30H,5-7,10,13H2,1-4H3,(H,29,31)/t17-,21-,25+,27+/m1/s1. The number of hydrogen-bond donors (Lipinski definition) is 2. The van der Waals surface area contributed by atoms with E-state index >= 15 is 0 Å². The quantitative estimate of drug-likeness (QED) is 0.439. The van der Waals surface area contributed by atoms with Gasteiger partial charge < -0.3 is 19.9 Å². The van der Waals surface area contributed by atoms with Crippen LogP contribution in [0.5, 0.6) is 11.5 Å². The van der Waals surface area contributed by atoms with Crippen LogP contribution in [0.2, 0.25) is 5.02 Å². The van der Waals surface area contributed by atoms with E-state index in [1.165, 1.54) is 18.6 Å². The zero-order valence-corrected chi connectivity index (χ0v) is 20.6. The summed E-state index contributed by atoms with van der Waals surface area (Å²) in [5.41, 5.74) is 1.40. The Labute approximate surface area is 201 Å². The maximum Gasteiger partial charge on any atom is 0.255 e. The first-order chi connectivity index (χ1) is 15.7. The van der Waals surface area contributed by atoms with Gasteiger partial charge in [-0.2, -0.15) is 0 Å². The molecule has 0 aliphatic carbocycles. The van der Waals surface area contributed by atoms with Crippen molar-refractivity contribution in [2.45, 2.75) is 77.6 Å². The first-order valence-corrected chi connectivity index (χ1v) is 12.3. The normalized spacial score (nSPS) is 26.3. The number of amides is 1. The van der Waals surface area contributed by atoms with Crippen LogP contribution in [-0.2, 0) is 4.74 Å². The van der Waals surface area contributed by atoms with Crippen molar-refractivity contribution in [3.63, 3.8) is 0 Å². The predicted octanol–water partition coefficient (Wildman–Crippen LogP) is 7.13. The number of phenolic OH excluding ortho intramolecular Hbond substituents is 1. The molecular weight excluding hydrogens is 438 g/mol. The molecule has 2 N–H and O–H groups in total. The topological polar surface area (TPSA) is 67.8 Å². The number of anilines is 1. The van der Waals surface area contributed by atoms with Crippen LogP contribution in [0.25, 0.3) is 0 Å². The molecule has 2 aliphatic heterocycles. The second kappa shape index (κ2) is 9.55. The van der Waals surface area contributed by atoms with E-state index in [1.807, 2.05) is 12.1 Å². The number of nitrogens with one attached hydrogen (secondary N) is 1. The Morgan fingerprint density at radius 3 is 2.79 bits per heavy atom. The summed E-state index contributed by atoms with van der Waals surface area (Å²) in [6, 6.07) is 10.1. The third-order valence-electron chi connectivity index (χ3n) is 7.00. The highest BCUT2D eigenvalue weighted by Gasteiger charge is 2.49. The SMILES string of the molecule is CC(C)CCC[C@]1(C)Oc2ccc(C(=O)Nc3cc(Cl)ccc3O)cc2[C@@H]2O[C@H](C)CC[C@H]21. The molecule has 33 heavy (non-hydrogen) atoms. The van der Waals surface area contributed by atoms with Crippen molar-refractivity contribution in [2.75, 3.05) is 5.32 Å². The number of ether oxygens (including phenoxy) is 2. The number of rotatable bonds is 6. The van der Waals surface area contributed by atoms with E-state index in [1.54, 1.807) is 12.1 Å². The molecule has 1 saturated heterocycles. The molecule has 4 rings (SSSR count). The lowest BCUT2D eigenvalue weighted by Gasteiger charge is -2.50. The number of carbonyl (C=O) groups excluding carboxylic acids is 1. The van der Waals surface area contributed by atoms with Crippen LogP contribution in [0.3, 0.4) is 0 Å². The van der Waals surface area contributed by atoms with Crippen LogP contribution in [0.4, 0.5) is 5.69 Å². The minimum Gasteiger partial charge on any atom is -0.506 e. The summed E-state index contributed by atoms with van der Waals surface area (Å²) in [5.74, 6) is 1.35. The summed E-state index contributed by atoms with van der Waals surface area (Å²) in [7, 11) is 0. The summed E-state index contributed by atoms with van der Waals surface area (Å²) < 4.78 is 13.1. The highest BCUT2D eigenvalue weighted by Crippen LogP contribution is 2.52. The summed E-state index contributed by atoms with van der Waals surface area (Å²) >= 11 is 6.02. The van der Waals surface area contributed by atoms with Crippen molar-refractivity contribution in [2.24, 2.45) is 11.8 Å². The Kier molecular flexibility index (Phi) is 6.92. The van der Waals surface area contributed by atoms with Crippen molar-refractivity contribution >= 4 is 23.2 Å². The van der Waals surface area contributed by atoms with Crippen molar-refractivity contribution in [3.8, 4) is 11.5 Å². The number of carbonyl (C=O) groups is 1. The molecule has 1 amide bonds. The molecule has 4 atom stereocenters. The highest BCUT2D eigenvalue weighted by atomic mass is 35.5. The van der Waals surface area contributed by atoms with Crippen LogP contribution in [0, 0.1) is 11.8 Å². The van der Waals surface area contributed by atoms with Gasteiger partial charge in [-0.05, 0) is 81.8 Å². The van der Waals surface area contributed by atoms with E-state index < -0.39 is 0 Å². The van der Waals surface area contributed by atoms with Crippen molar-refractivity contribution in [1.29, 1.82) is 0 Å². The third-order valence-corrected chi connectivity index (χ3v) is 7.23. The van der Waals surface area contributed by atoms with Gasteiger partial charge in [-0.3, -0.25) is 4.79 Å². The first kappa shape index (κ1) is 23.9. The van der Waals surface area contributed by atoms with Gasteiger partial charge >= 0.3 is 0 Å². The average molecular weight is 472 g/mol. The van der Waals surface area contributed by atoms with Gasteiger partial charge in [0.2, 0.25) is 0 Å². The summed E-state index contributed by atoms with van der Waals surface area (Å²) in [6.07, 6.45) is 5.39.